The summed E-state index contributed by atoms with van der Waals surface area (Å²) in [4.78, 5) is 36.6. The molecule has 2 aromatic rings. The second-order valence-electron chi connectivity index (χ2n) is 17.3. The number of hydrogen-bond donors (Lipinski definition) is 1. The molecule has 0 radical (unpaired) electrons. The molecule has 2 amide bonds. The maximum Gasteiger partial charge on any atom is 0.407 e. The first kappa shape index (κ1) is 39.3. The number of likely N-dealkylation sites (tertiary alicyclic amines) is 4. The van der Waals surface area contributed by atoms with Crippen LogP contribution in [0.4, 0.5) is 14.9 Å². The minimum absolute atomic E-state index is 0.00783. The third kappa shape index (κ3) is 8.11. The van der Waals surface area contributed by atoms with Crippen molar-refractivity contribution in [1.82, 2.24) is 24.9 Å². The number of anilines is 1. The highest BCUT2D eigenvalue weighted by Crippen LogP contribution is 2.51. The van der Waals surface area contributed by atoms with Crippen molar-refractivity contribution < 1.29 is 27.1 Å². The van der Waals surface area contributed by atoms with E-state index in [1.165, 1.54) is 20.0 Å². The Hall–Kier alpha value is -3.52. The van der Waals surface area contributed by atoms with E-state index in [1.807, 2.05) is 24.3 Å². The smallest absolute Gasteiger partial charge is 0.407 e. The Morgan fingerprint density at radius 2 is 1.59 bits per heavy atom. The molecule has 8 rings (SSSR count). The molecule has 5 aliphatic heterocycles. The molecule has 0 bridgehead atoms. The van der Waals surface area contributed by atoms with Crippen LogP contribution in [0.3, 0.4) is 0 Å². The van der Waals surface area contributed by atoms with Crippen LogP contribution in [-0.4, -0.2) is 144 Å². The van der Waals surface area contributed by atoms with Crippen LogP contribution in [-0.2, 0) is 24.8 Å². The monoisotopic (exact) mass is 790 g/mol. The number of methoxy groups -OCH3 is 1. The topological polar surface area (TPSA) is 106 Å². The number of alkyl carbamates (subject to hydrolysis) is 1. The van der Waals surface area contributed by atoms with Crippen molar-refractivity contribution in [3.05, 3.63) is 72.1 Å². The van der Waals surface area contributed by atoms with Crippen LogP contribution in [0.5, 0.6) is 0 Å². The van der Waals surface area contributed by atoms with Gasteiger partial charge in [0, 0.05) is 75.0 Å². The van der Waals surface area contributed by atoms with E-state index in [2.05, 4.69) is 31.0 Å². The average Bonchev–Trinajstić information content (AvgIpc) is 3.58. The number of benzene rings is 2. The van der Waals surface area contributed by atoms with Gasteiger partial charge >= 0.3 is 6.09 Å². The lowest BCUT2D eigenvalue weighted by molar-refractivity contribution is -0.129. The van der Waals surface area contributed by atoms with E-state index in [0.717, 1.165) is 115 Å². The molecule has 1 N–H and O–H groups in total. The SMILES string of the molecule is COC(=O)N[C@H]1CCC[C@@H]1C(CN1CCC1)(c1cccc(F)c1)C1CCN(CC2CN(c3ccc(S(=O)(=O)C4CN(C(=O)/C=C/CN5CCC5)C4)cc3)C2)CC1. The maximum absolute atomic E-state index is 15.0. The predicted molar refractivity (Wildman–Crippen MR) is 215 cm³/mol. The first-order valence-corrected chi connectivity index (χ1v) is 22.5. The summed E-state index contributed by atoms with van der Waals surface area (Å²) in [6.45, 7) is 11.3. The maximum atomic E-state index is 15.0. The largest absolute Gasteiger partial charge is 0.453 e. The number of piperidine rings is 1. The van der Waals surface area contributed by atoms with E-state index in [-0.39, 0.29) is 48.3 Å². The lowest BCUT2D eigenvalue weighted by atomic mass is 9.57. The van der Waals surface area contributed by atoms with Crippen molar-refractivity contribution in [3.63, 3.8) is 0 Å². The number of hydrogen-bond acceptors (Lipinski definition) is 9. The summed E-state index contributed by atoms with van der Waals surface area (Å²) in [5, 5.41) is 2.62. The molecule has 6 aliphatic rings. The van der Waals surface area contributed by atoms with Crippen LogP contribution < -0.4 is 10.2 Å². The van der Waals surface area contributed by atoms with E-state index in [4.69, 9.17) is 4.74 Å². The Morgan fingerprint density at radius 1 is 0.875 bits per heavy atom. The molecular formula is C43H59FN6O5S. The van der Waals surface area contributed by atoms with Crippen LogP contribution in [0.15, 0.2) is 65.6 Å². The van der Waals surface area contributed by atoms with Crippen LogP contribution in [0.25, 0.3) is 0 Å². The van der Waals surface area contributed by atoms with Crippen molar-refractivity contribution in [2.24, 2.45) is 17.8 Å². The van der Waals surface area contributed by atoms with Gasteiger partial charge in [0.2, 0.25) is 5.91 Å². The molecular weight excluding hydrogens is 732 g/mol. The number of carbonyl (C=O) groups is 2. The molecule has 0 aromatic heterocycles. The molecule has 3 atom stereocenters. The second-order valence-corrected chi connectivity index (χ2v) is 19.5. The number of sulfone groups is 1. The highest BCUT2D eigenvalue weighted by Gasteiger charge is 2.53. The molecule has 0 spiro atoms. The quantitative estimate of drug-likeness (QED) is 0.279. The first-order chi connectivity index (χ1) is 27.1. The third-order valence-corrected chi connectivity index (χ3v) is 16.1. The summed E-state index contributed by atoms with van der Waals surface area (Å²) >= 11 is 0. The lowest BCUT2D eigenvalue weighted by Gasteiger charge is -2.54. The van der Waals surface area contributed by atoms with E-state index < -0.39 is 15.1 Å². The van der Waals surface area contributed by atoms with Gasteiger partial charge in [-0.15, -0.1) is 0 Å². The van der Waals surface area contributed by atoms with Gasteiger partial charge < -0.3 is 29.7 Å². The van der Waals surface area contributed by atoms with Crippen LogP contribution in [0.1, 0.15) is 50.5 Å². The summed E-state index contributed by atoms with van der Waals surface area (Å²) < 4.78 is 46.8. The number of carbonyl (C=O) groups excluding carboxylic acids is 2. The van der Waals surface area contributed by atoms with Gasteiger partial charge in [-0.05, 0) is 132 Å². The molecule has 13 heteroatoms. The molecule has 304 valence electrons. The van der Waals surface area contributed by atoms with Gasteiger partial charge in [-0.2, -0.15) is 0 Å². The van der Waals surface area contributed by atoms with E-state index in [1.54, 1.807) is 35.2 Å². The number of nitrogens with one attached hydrogen (secondary N) is 1. The predicted octanol–water partition coefficient (Wildman–Crippen LogP) is 4.39. The number of ether oxygens (including phenoxy) is 1. The summed E-state index contributed by atoms with van der Waals surface area (Å²) in [6, 6.07) is 14.6. The highest BCUT2D eigenvalue weighted by molar-refractivity contribution is 7.92. The molecule has 1 aliphatic carbocycles. The van der Waals surface area contributed by atoms with Crippen molar-refractivity contribution >= 4 is 27.5 Å². The fourth-order valence-electron chi connectivity index (χ4n) is 10.5. The minimum Gasteiger partial charge on any atom is -0.453 e. The molecule has 1 unspecified atom stereocenters. The van der Waals surface area contributed by atoms with Crippen molar-refractivity contribution in [3.8, 4) is 0 Å². The molecule has 56 heavy (non-hydrogen) atoms. The molecule has 2 aromatic carbocycles. The summed E-state index contributed by atoms with van der Waals surface area (Å²) in [7, 11) is -2.09. The van der Waals surface area contributed by atoms with E-state index >= 15 is 4.39 Å². The van der Waals surface area contributed by atoms with Gasteiger partial charge in [0.25, 0.3) is 0 Å². The van der Waals surface area contributed by atoms with Crippen LogP contribution in [0, 0.1) is 23.6 Å². The summed E-state index contributed by atoms with van der Waals surface area (Å²) in [5.74, 6) is 0.774. The summed E-state index contributed by atoms with van der Waals surface area (Å²) in [5.41, 5.74) is 1.84. The fourth-order valence-corrected chi connectivity index (χ4v) is 12.1. The Kier molecular flexibility index (Phi) is 11.8. The number of amides is 2. The first-order valence-electron chi connectivity index (χ1n) is 20.9. The van der Waals surface area contributed by atoms with Gasteiger partial charge in [0.1, 0.15) is 11.1 Å². The zero-order chi connectivity index (χ0) is 38.9. The standard InChI is InChI=1S/C43H59FN6O5S/c1-55-42(52)45-40-10-3-9-39(40)43(31-48-21-6-22-48,34-7-2-8-35(44)25-34)33-16-23-47(24-17-33)26-32-27-49(28-32)36-12-14-37(15-13-36)56(53,54)38-29-50(30-38)41(51)11-4-18-46-19-5-20-46/h2,4,7-8,11-15,25,32-33,38-40H,3,5-6,9-10,16-24,26-31H2,1H3,(H,45,52)/b11-4+/t39-,40-,43?/m0/s1. The van der Waals surface area contributed by atoms with Gasteiger partial charge in [-0.25, -0.2) is 17.6 Å². The van der Waals surface area contributed by atoms with E-state index in [0.29, 0.717) is 16.7 Å². The zero-order valence-corrected chi connectivity index (χ0v) is 33.7. The Balaban J connectivity index is 0.853. The second kappa shape index (κ2) is 16.8. The number of rotatable bonds is 14. The van der Waals surface area contributed by atoms with Crippen molar-refractivity contribution in [2.75, 3.05) is 97.1 Å². The van der Waals surface area contributed by atoms with Gasteiger partial charge in [0.15, 0.2) is 9.84 Å². The van der Waals surface area contributed by atoms with Crippen molar-refractivity contribution in [1.29, 1.82) is 0 Å². The molecule has 5 saturated heterocycles. The third-order valence-electron chi connectivity index (χ3n) is 14.0. The van der Waals surface area contributed by atoms with Crippen LogP contribution in [0.2, 0.25) is 0 Å². The van der Waals surface area contributed by atoms with E-state index in [9.17, 15) is 18.0 Å². The molecule has 5 heterocycles. The van der Waals surface area contributed by atoms with Gasteiger partial charge in [0.05, 0.1) is 12.0 Å². The Bertz CT molecular complexity index is 1830. The summed E-state index contributed by atoms with van der Waals surface area (Å²) in [6.07, 6.45) is 10.5. The molecule has 11 nitrogen and oxygen atoms in total. The lowest BCUT2D eigenvalue weighted by Crippen LogP contribution is -2.60. The van der Waals surface area contributed by atoms with Crippen molar-refractivity contribution in [2.45, 2.75) is 66.5 Å². The Morgan fingerprint density at radius 3 is 2.23 bits per heavy atom. The minimum atomic E-state index is -3.51. The fraction of sp³-hybridized carbons (Fsp3) is 0.628. The van der Waals surface area contributed by atoms with Crippen LogP contribution >= 0.6 is 0 Å². The molecule has 1 saturated carbocycles. The van der Waals surface area contributed by atoms with Gasteiger partial charge in [-0.3, -0.25) is 9.69 Å². The normalized spacial score (nSPS) is 25.6. The Labute approximate surface area is 332 Å². The molecule has 6 fully saturated rings. The number of halogens is 1. The average molecular weight is 791 g/mol. The zero-order valence-electron chi connectivity index (χ0n) is 32.9. The van der Waals surface area contributed by atoms with Gasteiger partial charge in [-0.1, -0.05) is 24.6 Å². The number of nitrogens with zero attached hydrogens (tertiary/aromatic N) is 5. The highest BCUT2D eigenvalue weighted by atomic mass is 32.2.